The molecule has 0 radical (unpaired) electrons. The number of rotatable bonds is 7. The minimum Gasteiger partial charge on any atom is -0.494 e. The molecule has 0 saturated heterocycles. The van der Waals surface area contributed by atoms with E-state index >= 15 is 0 Å². The van der Waals surface area contributed by atoms with Crippen LogP contribution in [0.1, 0.15) is 25.0 Å². The molecule has 0 heterocycles. The molecule has 2 aromatic rings. The van der Waals surface area contributed by atoms with Crippen molar-refractivity contribution < 1.29 is 14.4 Å². The molecule has 2 aromatic carbocycles. The molecule has 0 fully saturated rings. The fourth-order valence-electron chi connectivity index (χ4n) is 2.01. The number of aryl methyl sites for hydroxylation is 1. The minimum atomic E-state index is -0.690. The number of hydrogen-bond donors (Lipinski definition) is 1. The number of carbonyl (C=O) groups excluding carboxylic acids is 1. The van der Waals surface area contributed by atoms with Gasteiger partial charge in [0.15, 0.2) is 0 Å². The summed E-state index contributed by atoms with van der Waals surface area (Å²) in [6, 6.07) is 15.0. The van der Waals surface area contributed by atoms with Crippen molar-refractivity contribution in [3.63, 3.8) is 0 Å². The normalized spacial score (nSPS) is 12.0. The van der Waals surface area contributed by atoms with E-state index in [4.69, 9.17) is 9.57 Å². The minimum absolute atomic E-state index is 0.246. The Labute approximate surface area is 142 Å². The van der Waals surface area contributed by atoms with Gasteiger partial charge in [0.2, 0.25) is 6.10 Å². The molecular weight excluding hydrogens is 304 g/mol. The smallest absolute Gasteiger partial charge is 0.267 e. The Hall–Kier alpha value is -2.82. The number of anilines is 1. The molecular formula is C19H22N2O3. The van der Waals surface area contributed by atoms with E-state index in [0.29, 0.717) is 6.61 Å². The maximum atomic E-state index is 12.1. The number of nitrogens with zero attached hydrogens (tertiary/aromatic N) is 1. The molecule has 1 N–H and O–H groups in total. The Kier molecular flexibility index (Phi) is 6.37. The zero-order valence-corrected chi connectivity index (χ0v) is 14.2. The Bertz CT molecular complexity index is 696. The van der Waals surface area contributed by atoms with E-state index in [1.807, 2.05) is 62.4 Å². The lowest BCUT2D eigenvalue weighted by Gasteiger charge is -2.10. The quantitative estimate of drug-likeness (QED) is 0.622. The van der Waals surface area contributed by atoms with E-state index in [1.54, 1.807) is 13.1 Å². The maximum absolute atomic E-state index is 12.1. The van der Waals surface area contributed by atoms with E-state index < -0.39 is 6.10 Å². The molecule has 0 aliphatic rings. The first-order valence-corrected chi connectivity index (χ1v) is 7.88. The van der Waals surface area contributed by atoms with Crippen molar-refractivity contribution in [1.82, 2.24) is 0 Å². The second-order valence-corrected chi connectivity index (χ2v) is 5.34. The third-order valence-electron chi connectivity index (χ3n) is 3.27. The van der Waals surface area contributed by atoms with E-state index in [0.717, 1.165) is 22.6 Å². The highest BCUT2D eigenvalue weighted by Gasteiger charge is 2.14. The molecule has 5 nitrogen and oxygen atoms in total. The summed E-state index contributed by atoms with van der Waals surface area (Å²) in [6.07, 6.45) is 0.871. The SMILES string of the molecule is CCOc1ccc(/C=N/OC(C)C(=O)Nc2cccc(C)c2)cc1. The predicted octanol–water partition coefficient (Wildman–Crippen LogP) is 3.77. The van der Waals surface area contributed by atoms with Gasteiger partial charge in [-0.2, -0.15) is 0 Å². The number of benzene rings is 2. The Morgan fingerprint density at radius 2 is 2.00 bits per heavy atom. The summed E-state index contributed by atoms with van der Waals surface area (Å²) in [5, 5.41) is 6.67. The molecule has 126 valence electrons. The zero-order chi connectivity index (χ0) is 17.4. The Morgan fingerprint density at radius 1 is 1.25 bits per heavy atom. The molecule has 0 aliphatic carbocycles. The van der Waals surface area contributed by atoms with Crippen LogP contribution in [-0.4, -0.2) is 24.8 Å². The molecule has 1 atom stereocenters. The van der Waals surface area contributed by atoms with Crippen LogP contribution >= 0.6 is 0 Å². The lowest BCUT2D eigenvalue weighted by atomic mass is 10.2. The third-order valence-corrected chi connectivity index (χ3v) is 3.27. The van der Waals surface area contributed by atoms with E-state index in [-0.39, 0.29) is 5.91 Å². The fraction of sp³-hybridized carbons (Fsp3) is 0.263. The summed E-state index contributed by atoms with van der Waals surface area (Å²) in [7, 11) is 0. The van der Waals surface area contributed by atoms with Gasteiger partial charge in [-0.25, -0.2) is 0 Å². The van der Waals surface area contributed by atoms with Gasteiger partial charge in [-0.05, 0) is 68.3 Å². The first-order valence-electron chi connectivity index (χ1n) is 7.88. The number of ether oxygens (including phenoxy) is 1. The van der Waals surface area contributed by atoms with E-state index in [9.17, 15) is 4.79 Å². The fourth-order valence-corrected chi connectivity index (χ4v) is 2.01. The van der Waals surface area contributed by atoms with Crippen molar-refractivity contribution in [2.75, 3.05) is 11.9 Å². The highest BCUT2D eigenvalue weighted by molar-refractivity contribution is 5.94. The van der Waals surface area contributed by atoms with Crippen LogP contribution in [-0.2, 0) is 9.63 Å². The van der Waals surface area contributed by atoms with Crippen molar-refractivity contribution >= 4 is 17.8 Å². The molecule has 0 aliphatic heterocycles. The molecule has 24 heavy (non-hydrogen) atoms. The lowest BCUT2D eigenvalue weighted by Crippen LogP contribution is -2.26. The van der Waals surface area contributed by atoms with Gasteiger partial charge in [0.1, 0.15) is 5.75 Å². The maximum Gasteiger partial charge on any atom is 0.267 e. The van der Waals surface area contributed by atoms with Gasteiger partial charge in [-0.3, -0.25) is 4.79 Å². The van der Waals surface area contributed by atoms with Gasteiger partial charge in [0, 0.05) is 5.69 Å². The summed E-state index contributed by atoms with van der Waals surface area (Å²) in [5.74, 6) is 0.561. The summed E-state index contributed by atoms with van der Waals surface area (Å²) in [4.78, 5) is 17.3. The van der Waals surface area contributed by atoms with Crippen LogP contribution in [0.4, 0.5) is 5.69 Å². The van der Waals surface area contributed by atoms with Crippen molar-refractivity contribution in [3.8, 4) is 5.75 Å². The van der Waals surface area contributed by atoms with Crippen LogP contribution in [0, 0.1) is 6.92 Å². The molecule has 1 amide bonds. The highest BCUT2D eigenvalue weighted by atomic mass is 16.6. The Balaban J connectivity index is 1.85. The van der Waals surface area contributed by atoms with Gasteiger partial charge in [0.25, 0.3) is 5.91 Å². The lowest BCUT2D eigenvalue weighted by molar-refractivity contribution is -0.126. The summed E-state index contributed by atoms with van der Waals surface area (Å²) < 4.78 is 5.37. The van der Waals surface area contributed by atoms with Crippen molar-refractivity contribution in [2.45, 2.75) is 26.9 Å². The Morgan fingerprint density at radius 3 is 2.67 bits per heavy atom. The second-order valence-electron chi connectivity index (χ2n) is 5.34. The van der Waals surface area contributed by atoms with Gasteiger partial charge in [0.05, 0.1) is 12.8 Å². The van der Waals surface area contributed by atoms with Crippen molar-refractivity contribution in [1.29, 1.82) is 0 Å². The molecule has 1 unspecified atom stereocenters. The summed E-state index contributed by atoms with van der Waals surface area (Å²) in [5.41, 5.74) is 2.69. The molecule has 0 bridgehead atoms. The van der Waals surface area contributed by atoms with Crippen LogP contribution < -0.4 is 10.1 Å². The van der Waals surface area contributed by atoms with Gasteiger partial charge < -0.3 is 14.9 Å². The molecule has 0 saturated carbocycles. The monoisotopic (exact) mass is 326 g/mol. The average molecular weight is 326 g/mol. The summed E-state index contributed by atoms with van der Waals surface area (Å²) >= 11 is 0. The predicted molar refractivity (Wildman–Crippen MR) is 95.6 cm³/mol. The number of amides is 1. The van der Waals surface area contributed by atoms with Crippen LogP contribution in [0.2, 0.25) is 0 Å². The van der Waals surface area contributed by atoms with Crippen molar-refractivity contribution in [2.24, 2.45) is 5.16 Å². The summed E-state index contributed by atoms with van der Waals surface area (Å²) in [6.45, 7) is 6.19. The largest absolute Gasteiger partial charge is 0.494 e. The topological polar surface area (TPSA) is 59.9 Å². The number of nitrogens with one attached hydrogen (secondary N) is 1. The van der Waals surface area contributed by atoms with Crippen LogP contribution in [0.3, 0.4) is 0 Å². The second kappa shape index (κ2) is 8.72. The molecule has 5 heteroatoms. The average Bonchev–Trinajstić information content (AvgIpc) is 2.56. The number of carbonyl (C=O) groups is 1. The molecule has 2 rings (SSSR count). The van der Waals surface area contributed by atoms with Crippen LogP contribution in [0.15, 0.2) is 53.7 Å². The van der Waals surface area contributed by atoms with Crippen LogP contribution in [0.25, 0.3) is 0 Å². The standard InChI is InChI=1S/C19H22N2O3/c1-4-23-18-10-8-16(9-11-18)13-20-24-15(3)19(22)21-17-7-5-6-14(2)12-17/h5-13,15H,4H2,1-3H3,(H,21,22)/b20-13+. The van der Waals surface area contributed by atoms with Gasteiger partial charge >= 0.3 is 0 Å². The number of hydrogen-bond acceptors (Lipinski definition) is 4. The van der Waals surface area contributed by atoms with E-state index in [2.05, 4.69) is 10.5 Å². The first kappa shape index (κ1) is 17.5. The first-order chi connectivity index (χ1) is 11.6. The van der Waals surface area contributed by atoms with Crippen LogP contribution in [0.5, 0.6) is 5.75 Å². The third kappa shape index (κ3) is 5.43. The van der Waals surface area contributed by atoms with Gasteiger partial charge in [-0.1, -0.05) is 17.3 Å². The highest BCUT2D eigenvalue weighted by Crippen LogP contribution is 2.12. The van der Waals surface area contributed by atoms with Crippen molar-refractivity contribution in [3.05, 3.63) is 59.7 Å². The molecule has 0 spiro atoms. The van der Waals surface area contributed by atoms with Gasteiger partial charge in [-0.15, -0.1) is 0 Å². The zero-order valence-electron chi connectivity index (χ0n) is 14.2. The molecule has 0 aromatic heterocycles. The van der Waals surface area contributed by atoms with E-state index in [1.165, 1.54) is 0 Å². The number of oxime groups is 1.